The SMILES string of the molecule is CCc1nc(C)sc1C(=O)N=c1sc2cc(C(N)=O)cc(OCCC(OC)OC)c2n1C/C=C/Cn1c(NC(=O)c2cc(C)nn2CC)nc2cc(C(N)=O)cc(OC)c21. The molecule has 0 unspecified atom stereocenters. The van der Waals surface area contributed by atoms with Crippen LogP contribution in [0.25, 0.3) is 21.3 Å². The standard InChI is InChI=1S/C40H46N10O8S2/c1-8-25-34(59-22(4)43-25)38(54)46-40-49(33-29(58-15-12-31(56-6)57-7)19-24(36(42)52)20-30(33)60-40)14-11-10-13-48-32-26(17-23(35(41)51)18-28(32)55-5)44-39(48)45-37(53)27-16-21(3)47-50(27)9-2/h10-11,16-20,31H,8-9,12-15H2,1-7H3,(H2,41,51)(H2,42,52)(H,44,45,53)/b11-10+,46-40?. The molecule has 5 N–H and O–H groups in total. The lowest BCUT2D eigenvalue weighted by Crippen LogP contribution is -2.20. The quantitative estimate of drug-likeness (QED) is 0.0788. The van der Waals surface area contributed by atoms with E-state index in [9.17, 15) is 19.2 Å². The molecule has 4 amide bonds. The molecule has 20 heteroatoms. The first-order valence-electron chi connectivity index (χ1n) is 18.9. The van der Waals surface area contributed by atoms with E-state index >= 15 is 0 Å². The van der Waals surface area contributed by atoms with Crippen LogP contribution in [0, 0.1) is 13.8 Å². The third-order valence-corrected chi connectivity index (χ3v) is 11.4. The molecule has 0 radical (unpaired) electrons. The monoisotopic (exact) mass is 858 g/mol. The van der Waals surface area contributed by atoms with Crippen LogP contribution >= 0.6 is 22.7 Å². The van der Waals surface area contributed by atoms with Gasteiger partial charge in [0.15, 0.2) is 11.1 Å². The molecule has 0 atom stereocenters. The third kappa shape index (κ3) is 9.15. The van der Waals surface area contributed by atoms with Gasteiger partial charge in [-0.25, -0.2) is 9.97 Å². The minimum absolute atomic E-state index is 0.168. The number of hydrogen-bond donors (Lipinski definition) is 3. The Hall–Kier alpha value is -6.22. The molecule has 6 aromatic rings. The number of benzene rings is 2. The van der Waals surface area contributed by atoms with Crippen molar-refractivity contribution in [1.29, 1.82) is 0 Å². The van der Waals surface area contributed by atoms with Gasteiger partial charge in [-0.3, -0.25) is 29.2 Å². The molecule has 0 fully saturated rings. The first-order chi connectivity index (χ1) is 28.8. The Morgan fingerprint density at radius 2 is 1.57 bits per heavy atom. The maximum Gasteiger partial charge on any atom is 0.291 e. The number of allylic oxidation sites excluding steroid dienone is 2. The second-order valence-electron chi connectivity index (χ2n) is 13.4. The molecule has 0 aliphatic heterocycles. The molecule has 0 aliphatic carbocycles. The van der Waals surface area contributed by atoms with Gasteiger partial charge in [-0.1, -0.05) is 30.4 Å². The molecule has 0 saturated heterocycles. The number of ether oxygens (including phenoxy) is 4. The van der Waals surface area contributed by atoms with Gasteiger partial charge in [-0.05, 0) is 57.5 Å². The molecule has 0 saturated carbocycles. The summed E-state index contributed by atoms with van der Waals surface area (Å²) in [5.41, 5.74) is 14.9. The van der Waals surface area contributed by atoms with Crippen molar-refractivity contribution in [3.63, 3.8) is 0 Å². The van der Waals surface area contributed by atoms with Gasteiger partial charge >= 0.3 is 0 Å². The van der Waals surface area contributed by atoms with Gasteiger partial charge in [0.1, 0.15) is 33.1 Å². The highest BCUT2D eigenvalue weighted by Gasteiger charge is 2.23. The average molecular weight is 859 g/mol. The number of methoxy groups -OCH3 is 3. The van der Waals surface area contributed by atoms with Gasteiger partial charge < -0.3 is 39.5 Å². The van der Waals surface area contributed by atoms with Crippen LogP contribution < -0.4 is 31.1 Å². The highest BCUT2D eigenvalue weighted by Crippen LogP contribution is 2.33. The number of thiazole rings is 2. The third-order valence-electron chi connectivity index (χ3n) is 9.41. The Morgan fingerprint density at radius 3 is 2.22 bits per heavy atom. The molecule has 4 aromatic heterocycles. The second-order valence-corrected chi connectivity index (χ2v) is 15.6. The smallest absolute Gasteiger partial charge is 0.291 e. The predicted octanol–water partition coefficient (Wildman–Crippen LogP) is 4.75. The fraction of sp³-hybridized carbons (Fsp3) is 0.350. The summed E-state index contributed by atoms with van der Waals surface area (Å²) in [6, 6.07) is 7.94. The number of carbonyl (C=O) groups is 4. The highest BCUT2D eigenvalue weighted by molar-refractivity contribution is 7.16. The average Bonchev–Trinajstić information content (AvgIpc) is 3.99. The molecule has 4 heterocycles. The van der Waals surface area contributed by atoms with Crippen LogP contribution in [0.5, 0.6) is 11.5 Å². The minimum Gasteiger partial charge on any atom is -0.494 e. The molecule has 0 spiro atoms. The molecule has 0 bridgehead atoms. The van der Waals surface area contributed by atoms with E-state index in [0.29, 0.717) is 78.9 Å². The number of anilines is 1. The van der Waals surface area contributed by atoms with Crippen molar-refractivity contribution >= 4 is 73.5 Å². The summed E-state index contributed by atoms with van der Waals surface area (Å²) >= 11 is 2.48. The van der Waals surface area contributed by atoms with Crippen LogP contribution in [0.4, 0.5) is 5.95 Å². The van der Waals surface area contributed by atoms with Gasteiger partial charge in [0.2, 0.25) is 17.8 Å². The van der Waals surface area contributed by atoms with Crippen molar-refractivity contribution in [2.24, 2.45) is 16.5 Å². The minimum atomic E-state index is -0.669. The van der Waals surface area contributed by atoms with Crippen LogP contribution in [-0.2, 0) is 35.5 Å². The Morgan fingerprint density at radius 1 is 0.883 bits per heavy atom. The number of aryl methyl sites for hydroxylation is 4. The number of hydrogen-bond acceptors (Lipinski definition) is 13. The maximum atomic E-state index is 13.8. The summed E-state index contributed by atoms with van der Waals surface area (Å²) in [4.78, 5) is 66.7. The van der Waals surface area contributed by atoms with Gasteiger partial charge in [0, 0.05) is 51.4 Å². The number of nitrogens with zero attached hydrogens (tertiary/aromatic N) is 7. The lowest BCUT2D eigenvalue weighted by Gasteiger charge is -2.15. The number of nitrogens with two attached hydrogens (primary N) is 2. The summed E-state index contributed by atoms with van der Waals surface area (Å²) in [5.74, 6) is -1.37. The maximum absolute atomic E-state index is 13.8. The normalized spacial score (nSPS) is 12.0. The largest absolute Gasteiger partial charge is 0.494 e. The Kier molecular flexibility index (Phi) is 13.6. The van der Waals surface area contributed by atoms with E-state index in [4.69, 9.17) is 30.4 Å². The van der Waals surface area contributed by atoms with Gasteiger partial charge in [0.05, 0.1) is 40.3 Å². The molecule has 0 aliphatic rings. The summed E-state index contributed by atoms with van der Waals surface area (Å²) in [6.07, 6.45) is 4.12. The molecule has 316 valence electrons. The van der Waals surface area contributed by atoms with Crippen molar-refractivity contribution in [3.05, 3.63) is 85.4 Å². The van der Waals surface area contributed by atoms with Crippen molar-refractivity contribution in [3.8, 4) is 11.5 Å². The number of primary amides is 2. The van der Waals surface area contributed by atoms with Gasteiger partial charge in [-0.2, -0.15) is 10.1 Å². The molecule has 6 rings (SSSR count). The summed E-state index contributed by atoms with van der Waals surface area (Å²) in [5, 5.41) is 8.06. The lowest BCUT2D eigenvalue weighted by molar-refractivity contribution is -0.110. The van der Waals surface area contributed by atoms with Crippen molar-refractivity contribution in [2.45, 2.75) is 66.5 Å². The van der Waals surface area contributed by atoms with Gasteiger partial charge in [0.25, 0.3) is 11.8 Å². The van der Waals surface area contributed by atoms with Crippen LogP contribution in [0.15, 0.2) is 47.5 Å². The molecular weight excluding hydrogens is 813 g/mol. The van der Waals surface area contributed by atoms with Crippen LogP contribution in [0.1, 0.15) is 77.5 Å². The number of rotatable bonds is 18. The molecule has 18 nitrogen and oxygen atoms in total. The van der Waals surface area contributed by atoms with Crippen LogP contribution in [-0.4, -0.2) is 86.7 Å². The Labute approximate surface area is 352 Å². The van der Waals surface area contributed by atoms with Gasteiger partial charge in [-0.15, -0.1) is 11.3 Å². The van der Waals surface area contributed by atoms with Crippen molar-refractivity contribution < 1.29 is 38.1 Å². The molecular formula is C40H46N10O8S2. The summed E-state index contributed by atoms with van der Waals surface area (Å²) in [6.45, 7) is 8.45. The van der Waals surface area contributed by atoms with Crippen molar-refractivity contribution in [2.75, 3.05) is 33.3 Å². The number of carbonyl (C=O) groups excluding carboxylic acids is 4. The van der Waals surface area contributed by atoms with E-state index in [-0.39, 0.29) is 36.8 Å². The van der Waals surface area contributed by atoms with Crippen molar-refractivity contribution in [1.82, 2.24) is 28.9 Å². The summed E-state index contributed by atoms with van der Waals surface area (Å²) in [7, 11) is 4.52. The van der Waals surface area contributed by atoms with E-state index in [1.54, 1.807) is 34.4 Å². The zero-order valence-electron chi connectivity index (χ0n) is 34.2. The highest BCUT2D eigenvalue weighted by atomic mass is 32.1. The zero-order chi connectivity index (χ0) is 43.2. The second kappa shape index (κ2) is 18.8. The van der Waals surface area contributed by atoms with E-state index in [0.717, 1.165) is 5.01 Å². The fourth-order valence-corrected chi connectivity index (χ4v) is 8.57. The lowest BCUT2D eigenvalue weighted by atomic mass is 10.1. The number of fused-ring (bicyclic) bond motifs is 2. The van der Waals surface area contributed by atoms with E-state index in [2.05, 4.69) is 25.4 Å². The summed E-state index contributed by atoms with van der Waals surface area (Å²) < 4.78 is 28.4. The fourth-order valence-electron chi connectivity index (χ4n) is 6.59. The molecule has 2 aromatic carbocycles. The molecule has 60 heavy (non-hydrogen) atoms. The predicted molar refractivity (Wildman–Crippen MR) is 227 cm³/mol. The van der Waals surface area contributed by atoms with E-state index in [1.165, 1.54) is 56.1 Å². The van der Waals surface area contributed by atoms with Crippen LogP contribution in [0.3, 0.4) is 0 Å². The topological polar surface area (TPSA) is 235 Å². The Bertz CT molecular complexity index is 2700. The number of amides is 4. The number of aromatic nitrogens is 6. The number of imidazole rings is 1. The first kappa shape index (κ1) is 43.4. The first-order valence-corrected chi connectivity index (χ1v) is 20.5. The van der Waals surface area contributed by atoms with Crippen LogP contribution in [0.2, 0.25) is 0 Å². The number of nitrogens with one attached hydrogen (secondary N) is 1. The Balaban J connectivity index is 1.44. The van der Waals surface area contributed by atoms with E-state index in [1.807, 2.05) is 37.5 Å². The van der Waals surface area contributed by atoms with E-state index < -0.39 is 29.9 Å². The zero-order valence-corrected chi connectivity index (χ0v) is 35.9.